The van der Waals surface area contributed by atoms with Gasteiger partial charge in [0.15, 0.2) is 0 Å². The standard InChI is InChI=1S/C10H14N4O2/c1-7-6-8(9(15)13-12-7)10(16)14-4-2-11-3-5-14/h6,11H,2-5H2,1H3,(H,13,15). The highest BCUT2D eigenvalue weighted by Crippen LogP contribution is 2.02. The molecule has 6 heteroatoms. The van der Waals surface area contributed by atoms with E-state index in [1.165, 1.54) is 6.07 Å². The summed E-state index contributed by atoms with van der Waals surface area (Å²) in [6.07, 6.45) is 0. The van der Waals surface area contributed by atoms with Crippen molar-refractivity contribution in [1.29, 1.82) is 0 Å². The van der Waals surface area contributed by atoms with Crippen molar-refractivity contribution in [2.24, 2.45) is 0 Å². The topological polar surface area (TPSA) is 78.1 Å². The maximum atomic E-state index is 12.0. The predicted molar refractivity (Wildman–Crippen MR) is 58.4 cm³/mol. The smallest absolute Gasteiger partial charge is 0.277 e. The Balaban J connectivity index is 2.25. The highest BCUT2D eigenvalue weighted by molar-refractivity contribution is 5.93. The van der Waals surface area contributed by atoms with Crippen LogP contribution < -0.4 is 10.9 Å². The summed E-state index contributed by atoms with van der Waals surface area (Å²) in [6, 6.07) is 1.53. The number of piperazine rings is 1. The van der Waals surface area contributed by atoms with Crippen molar-refractivity contribution >= 4 is 5.91 Å². The zero-order chi connectivity index (χ0) is 11.5. The van der Waals surface area contributed by atoms with Crippen molar-refractivity contribution in [3.8, 4) is 0 Å². The number of carbonyl (C=O) groups excluding carboxylic acids is 1. The number of rotatable bonds is 1. The number of aryl methyl sites for hydroxylation is 1. The second-order valence-electron chi connectivity index (χ2n) is 3.79. The quantitative estimate of drug-likeness (QED) is 0.647. The number of hydrogen-bond acceptors (Lipinski definition) is 4. The molecule has 2 N–H and O–H groups in total. The Bertz CT molecular complexity index is 448. The molecule has 1 saturated heterocycles. The van der Waals surface area contributed by atoms with Gasteiger partial charge in [-0.1, -0.05) is 0 Å². The maximum Gasteiger partial charge on any atom is 0.277 e. The first-order valence-corrected chi connectivity index (χ1v) is 5.25. The molecule has 2 heterocycles. The molecule has 16 heavy (non-hydrogen) atoms. The molecule has 0 spiro atoms. The van der Waals surface area contributed by atoms with E-state index in [2.05, 4.69) is 15.5 Å². The molecular weight excluding hydrogens is 208 g/mol. The summed E-state index contributed by atoms with van der Waals surface area (Å²) < 4.78 is 0. The normalized spacial score (nSPS) is 16.2. The van der Waals surface area contributed by atoms with E-state index >= 15 is 0 Å². The summed E-state index contributed by atoms with van der Waals surface area (Å²) in [5, 5.41) is 9.22. The average Bonchev–Trinajstić information content (AvgIpc) is 2.32. The summed E-state index contributed by atoms with van der Waals surface area (Å²) in [5.74, 6) is -0.215. The van der Waals surface area contributed by atoms with Gasteiger partial charge >= 0.3 is 0 Å². The summed E-state index contributed by atoms with van der Waals surface area (Å²) in [6.45, 7) is 4.56. The van der Waals surface area contributed by atoms with Crippen LogP contribution in [0.4, 0.5) is 0 Å². The lowest BCUT2D eigenvalue weighted by Gasteiger charge is -2.27. The zero-order valence-corrected chi connectivity index (χ0v) is 9.12. The third kappa shape index (κ3) is 2.11. The van der Waals surface area contributed by atoms with Crippen molar-refractivity contribution in [3.63, 3.8) is 0 Å². The molecule has 1 aromatic rings. The van der Waals surface area contributed by atoms with Crippen molar-refractivity contribution in [3.05, 3.63) is 27.7 Å². The molecule has 0 radical (unpaired) electrons. The van der Waals surface area contributed by atoms with Crippen LogP contribution in [0, 0.1) is 6.92 Å². The van der Waals surface area contributed by atoms with Gasteiger partial charge in [0.25, 0.3) is 11.5 Å². The van der Waals surface area contributed by atoms with E-state index in [1.807, 2.05) is 0 Å². The van der Waals surface area contributed by atoms with Crippen molar-refractivity contribution < 1.29 is 4.79 Å². The molecule has 6 nitrogen and oxygen atoms in total. The monoisotopic (exact) mass is 222 g/mol. The SMILES string of the molecule is Cc1cc(C(=O)N2CCNCC2)c(=O)[nH]n1. The van der Waals surface area contributed by atoms with E-state index in [0.717, 1.165) is 13.1 Å². The average molecular weight is 222 g/mol. The Hall–Kier alpha value is -1.69. The fourth-order valence-electron chi connectivity index (χ4n) is 1.70. The molecule has 1 amide bonds. The van der Waals surface area contributed by atoms with Gasteiger partial charge in [-0.05, 0) is 13.0 Å². The Morgan fingerprint density at radius 2 is 2.12 bits per heavy atom. The van der Waals surface area contributed by atoms with Crippen molar-refractivity contribution in [2.75, 3.05) is 26.2 Å². The first-order chi connectivity index (χ1) is 7.68. The summed E-state index contributed by atoms with van der Waals surface area (Å²) in [7, 11) is 0. The van der Waals surface area contributed by atoms with Gasteiger partial charge in [-0.25, -0.2) is 5.10 Å². The van der Waals surface area contributed by atoms with Crippen LogP contribution in [0.2, 0.25) is 0 Å². The highest BCUT2D eigenvalue weighted by Gasteiger charge is 2.20. The molecule has 1 aliphatic heterocycles. The van der Waals surface area contributed by atoms with Gasteiger partial charge in [0.05, 0.1) is 5.69 Å². The number of H-pyrrole nitrogens is 1. The molecule has 0 aromatic carbocycles. The van der Waals surface area contributed by atoms with Gasteiger partial charge in [-0.3, -0.25) is 9.59 Å². The minimum Gasteiger partial charge on any atom is -0.336 e. The van der Waals surface area contributed by atoms with Crippen molar-refractivity contribution in [1.82, 2.24) is 20.4 Å². The van der Waals surface area contributed by atoms with Crippen LogP contribution in [0.5, 0.6) is 0 Å². The van der Waals surface area contributed by atoms with E-state index in [1.54, 1.807) is 11.8 Å². The molecule has 1 fully saturated rings. The molecule has 0 bridgehead atoms. The van der Waals surface area contributed by atoms with E-state index in [0.29, 0.717) is 18.8 Å². The summed E-state index contributed by atoms with van der Waals surface area (Å²) in [4.78, 5) is 25.2. The zero-order valence-electron chi connectivity index (χ0n) is 9.12. The van der Waals surface area contributed by atoms with Gasteiger partial charge in [0.2, 0.25) is 0 Å². The number of nitrogens with one attached hydrogen (secondary N) is 2. The first kappa shape index (κ1) is 10.8. The molecule has 0 aliphatic carbocycles. The minimum atomic E-state index is -0.422. The largest absolute Gasteiger partial charge is 0.336 e. The third-order valence-corrected chi connectivity index (χ3v) is 2.57. The highest BCUT2D eigenvalue weighted by atomic mass is 16.2. The van der Waals surface area contributed by atoms with Crippen LogP contribution in [0.1, 0.15) is 16.1 Å². The number of aromatic nitrogens is 2. The Morgan fingerprint density at radius 1 is 1.44 bits per heavy atom. The first-order valence-electron chi connectivity index (χ1n) is 5.25. The second-order valence-corrected chi connectivity index (χ2v) is 3.79. The maximum absolute atomic E-state index is 12.0. The number of aromatic amines is 1. The molecule has 1 aromatic heterocycles. The Kier molecular flexibility index (Phi) is 3.00. The number of carbonyl (C=O) groups is 1. The number of amides is 1. The molecule has 1 aliphatic rings. The van der Waals surface area contributed by atoms with Gasteiger partial charge in [-0.2, -0.15) is 5.10 Å². The molecule has 0 saturated carbocycles. The van der Waals surface area contributed by atoms with Crippen LogP contribution in [0.3, 0.4) is 0 Å². The molecule has 2 rings (SSSR count). The lowest BCUT2D eigenvalue weighted by molar-refractivity contribution is 0.0733. The molecular formula is C10H14N4O2. The van der Waals surface area contributed by atoms with Gasteiger partial charge < -0.3 is 10.2 Å². The Labute approximate surface area is 92.7 Å². The summed E-state index contributed by atoms with van der Waals surface area (Å²) >= 11 is 0. The lowest BCUT2D eigenvalue weighted by Crippen LogP contribution is -2.47. The number of hydrogen-bond donors (Lipinski definition) is 2. The van der Waals surface area contributed by atoms with Gasteiger partial charge in [-0.15, -0.1) is 0 Å². The third-order valence-electron chi connectivity index (χ3n) is 2.57. The lowest BCUT2D eigenvalue weighted by atomic mass is 10.2. The Morgan fingerprint density at radius 3 is 2.81 bits per heavy atom. The molecule has 0 atom stereocenters. The van der Waals surface area contributed by atoms with E-state index < -0.39 is 5.56 Å². The molecule has 0 unspecified atom stereocenters. The van der Waals surface area contributed by atoms with Crippen LogP contribution in [-0.2, 0) is 0 Å². The fourth-order valence-corrected chi connectivity index (χ4v) is 1.70. The van der Waals surface area contributed by atoms with E-state index in [9.17, 15) is 9.59 Å². The van der Waals surface area contributed by atoms with E-state index in [-0.39, 0.29) is 11.5 Å². The van der Waals surface area contributed by atoms with Crippen molar-refractivity contribution in [2.45, 2.75) is 6.92 Å². The second kappa shape index (κ2) is 4.44. The van der Waals surface area contributed by atoms with Crippen LogP contribution in [0.15, 0.2) is 10.9 Å². The van der Waals surface area contributed by atoms with Gasteiger partial charge in [0, 0.05) is 26.2 Å². The number of nitrogens with zero attached hydrogens (tertiary/aromatic N) is 2. The summed E-state index contributed by atoms with van der Waals surface area (Å²) in [5.41, 5.74) is 0.390. The van der Waals surface area contributed by atoms with Crippen LogP contribution in [0.25, 0.3) is 0 Å². The van der Waals surface area contributed by atoms with Crippen LogP contribution in [-0.4, -0.2) is 47.2 Å². The molecule has 86 valence electrons. The minimum absolute atomic E-state index is 0.175. The fraction of sp³-hybridized carbons (Fsp3) is 0.500. The van der Waals surface area contributed by atoms with E-state index in [4.69, 9.17) is 0 Å². The predicted octanol–water partition coefficient (Wildman–Crippen LogP) is -0.876. The van der Waals surface area contributed by atoms with Crippen LogP contribution >= 0.6 is 0 Å². The van der Waals surface area contributed by atoms with Gasteiger partial charge in [0.1, 0.15) is 5.56 Å².